The zero-order chi connectivity index (χ0) is 14.8. The molecule has 2 heterocycles. The molecule has 1 fully saturated rings. The molecule has 0 radical (unpaired) electrons. The van der Waals surface area contributed by atoms with Crippen molar-refractivity contribution in [2.24, 2.45) is 0 Å². The molecule has 0 aliphatic carbocycles. The van der Waals surface area contributed by atoms with Crippen LogP contribution < -0.4 is 0 Å². The lowest BCUT2D eigenvalue weighted by Crippen LogP contribution is -2.37. The first-order chi connectivity index (χ1) is 10.1. The van der Waals surface area contributed by atoms with Crippen molar-refractivity contribution >= 4 is 23.2 Å². The predicted molar refractivity (Wildman–Crippen MR) is 78.8 cm³/mol. The highest BCUT2D eigenvalue weighted by atomic mass is 32.1. The average molecular weight is 302 g/mol. The van der Waals surface area contributed by atoms with E-state index in [1.165, 1.54) is 16.2 Å². The molecule has 1 aromatic carbocycles. The third kappa shape index (κ3) is 2.80. The maximum Gasteiger partial charge on any atom is 0.326 e. The van der Waals surface area contributed by atoms with Gasteiger partial charge in [0.25, 0.3) is 0 Å². The SMILES string of the molecule is O=C(O)C1CCC(=O)N1Cc1csc(-c2ccccc2)n1. The maximum atomic E-state index is 11.8. The number of carbonyl (C=O) groups is 2. The summed E-state index contributed by atoms with van der Waals surface area (Å²) in [6.45, 7) is 0.263. The van der Waals surface area contributed by atoms with Gasteiger partial charge in [-0.1, -0.05) is 30.3 Å². The Bertz CT molecular complexity index is 669. The second-order valence-corrected chi connectivity index (χ2v) is 5.78. The molecule has 5 nitrogen and oxygen atoms in total. The van der Waals surface area contributed by atoms with Crippen LogP contribution in [0.3, 0.4) is 0 Å². The third-order valence-corrected chi connectivity index (χ3v) is 4.46. The molecule has 2 aromatic rings. The number of likely N-dealkylation sites (tertiary alicyclic amines) is 1. The molecule has 1 amide bonds. The first-order valence-corrected chi connectivity index (χ1v) is 7.55. The van der Waals surface area contributed by atoms with Gasteiger partial charge in [0.1, 0.15) is 11.0 Å². The fraction of sp³-hybridized carbons (Fsp3) is 0.267. The number of aromatic nitrogens is 1. The Morgan fingerprint density at radius 1 is 1.38 bits per heavy atom. The summed E-state index contributed by atoms with van der Waals surface area (Å²) in [5.74, 6) is -1.06. The van der Waals surface area contributed by atoms with Crippen LogP contribution >= 0.6 is 11.3 Å². The fourth-order valence-electron chi connectivity index (χ4n) is 2.46. The van der Waals surface area contributed by atoms with E-state index in [2.05, 4.69) is 4.98 Å². The van der Waals surface area contributed by atoms with Crippen LogP contribution in [0.2, 0.25) is 0 Å². The lowest BCUT2D eigenvalue weighted by atomic mass is 10.2. The van der Waals surface area contributed by atoms with E-state index in [9.17, 15) is 9.59 Å². The molecular weight excluding hydrogens is 288 g/mol. The van der Waals surface area contributed by atoms with Gasteiger partial charge in [-0.2, -0.15) is 0 Å². The van der Waals surface area contributed by atoms with Gasteiger partial charge in [0.2, 0.25) is 5.91 Å². The van der Waals surface area contributed by atoms with Crippen molar-refractivity contribution in [3.63, 3.8) is 0 Å². The minimum absolute atomic E-state index is 0.114. The molecule has 0 saturated carbocycles. The Morgan fingerprint density at radius 2 is 2.14 bits per heavy atom. The fourth-order valence-corrected chi connectivity index (χ4v) is 3.27. The van der Waals surface area contributed by atoms with Gasteiger partial charge < -0.3 is 10.0 Å². The van der Waals surface area contributed by atoms with Crippen LogP contribution in [-0.4, -0.2) is 32.9 Å². The number of benzene rings is 1. The second kappa shape index (κ2) is 5.65. The van der Waals surface area contributed by atoms with Gasteiger partial charge in [0.15, 0.2) is 0 Å². The summed E-state index contributed by atoms with van der Waals surface area (Å²) in [4.78, 5) is 28.9. The quantitative estimate of drug-likeness (QED) is 0.941. The van der Waals surface area contributed by atoms with E-state index in [0.717, 1.165) is 16.3 Å². The number of hydrogen-bond donors (Lipinski definition) is 1. The third-order valence-electron chi connectivity index (χ3n) is 3.52. The minimum Gasteiger partial charge on any atom is -0.480 e. The van der Waals surface area contributed by atoms with Crippen LogP contribution in [0.5, 0.6) is 0 Å². The largest absolute Gasteiger partial charge is 0.480 e. The summed E-state index contributed by atoms with van der Waals surface area (Å²) < 4.78 is 0. The van der Waals surface area contributed by atoms with Crippen molar-refractivity contribution in [1.29, 1.82) is 0 Å². The van der Waals surface area contributed by atoms with Crippen LogP contribution in [-0.2, 0) is 16.1 Å². The summed E-state index contributed by atoms with van der Waals surface area (Å²) in [5.41, 5.74) is 1.76. The molecule has 1 unspecified atom stereocenters. The van der Waals surface area contributed by atoms with E-state index < -0.39 is 12.0 Å². The zero-order valence-electron chi connectivity index (χ0n) is 11.2. The normalized spacial score (nSPS) is 18.2. The number of rotatable bonds is 4. The van der Waals surface area contributed by atoms with Gasteiger partial charge in [-0.05, 0) is 6.42 Å². The van der Waals surface area contributed by atoms with E-state index in [1.54, 1.807) is 0 Å². The van der Waals surface area contributed by atoms with Crippen molar-refractivity contribution in [3.8, 4) is 10.6 Å². The Hall–Kier alpha value is -2.21. The monoisotopic (exact) mass is 302 g/mol. The Kier molecular flexibility index (Phi) is 3.70. The first kappa shape index (κ1) is 13.8. The van der Waals surface area contributed by atoms with E-state index >= 15 is 0 Å². The summed E-state index contributed by atoms with van der Waals surface area (Å²) in [7, 11) is 0. The van der Waals surface area contributed by atoms with Gasteiger partial charge in [-0.15, -0.1) is 11.3 Å². The van der Waals surface area contributed by atoms with Gasteiger partial charge in [-0.25, -0.2) is 9.78 Å². The molecule has 3 rings (SSSR count). The van der Waals surface area contributed by atoms with Gasteiger partial charge in [0, 0.05) is 17.4 Å². The summed E-state index contributed by atoms with van der Waals surface area (Å²) in [6.07, 6.45) is 0.677. The number of carboxylic acid groups (broad SMARTS) is 1. The molecular formula is C15H14N2O3S. The molecule has 1 atom stereocenters. The number of aliphatic carboxylic acids is 1. The van der Waals surface area contributed by atoms with Crippen LogP contribution in [0.25, 0.3) is 10.6 Å². The Morgan fingerprint density at radius 3 is 2.86 bits per heavy atom. The summed E-state index contributed by atoms with van der Waals surface area (Å²) in [6, 6.07) is 9.06. The highest BCUT2D eigenvalue weighted by Crippen LogP contribution is 2.26. The highest BCUT2D eigenvalue weighted by molar-refractivity contribution is 7.13. The number of nitrogens with zero attached hydrogens (tertiary/aromatic N) is 2. The smallest absolute Gasteiger partial charge is 0.326 e. The molecule has 6 heteroatoms. The number of hydrogen-bond acceptors (Lipinski definition) is 4. The number of carbonyl (C=O) groups excluding carboxylic acids is 1. The van der Waals surface area contributed by atoms with E-state index in [0.29, 0.717) is 12.8 Å². The van der Waals surface area contributed by atoms with Crippen molar-refractivity contribution in [3.05, 3.63) is 41.4 Å². The maximum absolute atomic E-state index is 11.8. The lowest BCUT2D eigenvalue weighted by molar-refractivity contribution is -0.146. The standard InChI is InChI=1S/C15H14N2O3S/c18-13-7-6-12(15(19)20)17(13)8-11-9-21-14(16-11)10-4-2-1-3-5-10/h1-5,9,12H,6-8H2,(H,19,20). The molecule has 1 aromatic heterocycles. The molecule has 0 spiro atoms. The zero-order valence-corrected chi connectivity index (χ0v) is 12.0. The van der Waals surface area contributed by atoms with Crippen molar-refractivity contribution in [2.45, 2.75) is 25.4 Å². The van der Waals surface area contributed by atoms with E-state index in [1.807, 2.05) is 35.7 Å². The van der Waals surface area contributed by atoms with Crippen LogP contribution in [0, 0.1) is 0 Å². The van der Waals surface area contributed by atoms with Crippen molar-refractivity contribution < 1.29 is 14.7 Å². The molecule has 1 N–H and O–H groups in total. The van der Waals surface area contributed by atoms with Gasteiger partial charge in [-0.3, -0.25) is 4.79 Å². The van der Waals surface area contributed by atoms with Gasteiger partial charge >= 0.3 is 5.97 Å². The Labute approximate surface area is 125 Å². The van der Waals surface area contributed by atoms with Crippen molar-refractivity contribution in [2.75, 3.05) is 0 Å². The number of carboxylic acids is 1. The lowest BCUT2D eigenvalue weighted by Gasteiger charge is -2.20. The second-order valence-electron chi connectivity index (χ2n) is 4.92. The molecule has 21 heavy (non-hydrogen) atoms. The Balaban J connectivity index is 1.78. The van der Waals surface area contributed by atoms with Gasteiger partial charge in [0.05, 0.1) is 12.2 Å². The molecule has 0 bridgehead atoms. The summed E-state index contributed by atoms with van der Waals surface area (Å²) >= 11 is 1.50. The number of amides is 1. The van der Waals surface area contributed by atoms with Crippen LogP contribution in [0.15, 0.2) is 35.7 Å². The minimum atomic E-state index is -0.945. The molecule has 1 aliphatic heterocycles. The first-order valence-electron chi connectivity index (χ1n) is 6.67. The summed E-state index contributed by atoms with van der Waals surface area (Å²) in [5, 5.41) is 11.9. The molecule has 1 saturated heterocycles. The van der Waals surface area contributed by atoms with E-state index in [-0.39, 0.29) is 12.5 Å². The van der Waals surface area contributed by atoms with Crippen LogP contribution in [0.4, 0.5) is 0 Å². The number of thiazole rings is 1. The van der Waals surface area contributed by atoms with E-state index in [4.69, 9.17) is 5.11 Å². The van der Waals surface area contributed by atoms with Crippen LogP contribution in [0.1, 0.15) is 18.5 Å². The average Bonchev–Trinajstić information content (AvgIpc) is 3.08. The molecule has 1 aliphatic rings. The topological polar surface area (TPSA) is 70.5 Å². The van der Waals surface area contributed by atoms with Crippen molar-refractivity contribution in [1.82, 2.24) is 9.88 Å². The highest BCUT2D eigenvalue weighted by Gasteiger charge is 2.36. The molecule has 108 valence electrons. The predicted octanol–water partition coefficient (Wildman–Crippen LogP) is 2.39.